The summed E-state index contributed by atoms with van der Waals surface area (Å²) in [6.07, 6.45) is 3.61. The Morgan fingerprint density at radius 3 is 2.38 bits per heavy atom. The topological polar surface area (TPSA) is 71.4 Å². The molecule has 5 heteroatoms. The minimum absolute atomic E-state index is 0.0346. The molecule has 2 unspecified atom stereocenters. The Morgan fingerprint density at radius 2 is 1.81 bits per heavy atom. The summed E-state index contributed by atoms with van der Waals surface area (Å²) in [6, 6.07) is 6.84. The first-order valence-corrected chi connectivity index (χ1v) is 9.09. The van der Waals surface area contributed by atoms with Crippen LogP contribution >= 0.6 is 0 Å². The Hall–Kier alpha value is -1.36. The lowest BCUT2D eigenvalue weighted by molar-refractivity contribution is -0.136. The van der Waals surface area contributed by atoms with Gasteiger partial charge in [-0.1, -0.05) is 44.0 Å². The molecule has 0 spiro atoms. The monoisotopic (exact) mass is 310 g/mol. The highest BCUT2D eigenvalue weighted by atomic mass is 32.2. The van der Waals surface area contributed by atoms with Gasteiger partial charge in [0.1, 0.15) is 0 Å². The van der Waals surface area contributed by atoms with Gasteiger partial charge in [-0.25, -0.2) is 8.42 Å². The molecule has 0 bridgehead atoms. The van der Waals surface area contributed by atoms with Gasteiger partial charge < -0.3 is 5.11 Å². The lowest BCUT2D eigenvalue weighted by Crippen LogP contribution is -2.28. The summed E-state index contributed by atoms with van der Waals surface area (Å²) >= 11 is 0. The van der Waals surface area contributed by atoms with E-state index in [0.29, 0.717) is 11.5 Å². The Morgan fingerprint density at radius 1 is 1.19 bits per heavy atom. The summed E-state index contributed by atoms with van der Waals surface area (Å²) in [5.74, 6) is -0.347. The molecule has 1 fully saturated rings. The van der Waals surface area contributed by atoms with Gasteiger partial charge >= 0.3 is 5.97 Å². The highest BCUT2D eigenvalue weighted by Crippen LogP contribution is 2.30. The molecule has 0 aromatic heterocycles. The second-order valence-electron chi connectivity index (χ2n) is 6.09. The van der Waals surface area contributed by atoms with Crippen LogP contribution in [0.3, 0.4) is 0 Å². The van der Waals surface area contributed by atoms with E-state index in [2.05, 4.69) is 6.92 Å². The third-order valence-corrected chi connectivity index (χ3v) is 6.32. The van der Waals surface area contributed by atoms with E-state index in [1.54, 1.807) is 24.3 Å². The molecule has 0 heterocycles. The van der Waals surface area contributed by atoms with E-state index in [9.17, 15) is 13.2 Å². The van der Waals surface area contributed by atoms with Crippen LogP contribution < -0.4 is 0 Å². The Bertz CT molecular complexity index is 589. The van der Waals surface area contributed by atoms with Crippen molar-refractivity contribution in [3.8, 4) is 0 Å². The predicted octanol–water partition coefficient (Wildman–Crippen LogP) is 2.81. The Labute approximate surface area is 126 Å². The van der Waals surface area contributed by atoms with E-state index < -0.39 is 15.8 Å². The molecule has 116 valence electrons. The van der Waals surface area contributed by atoms with Crippen molar-refractivity contribution < 1.29 is 18.3 Å². The van der Waals surface area contributed by atoms with Crippen LogP contribution in [0.5, 0.6) is 0 Å². The normalized spacial score (nSPS) is 22.9. The Kier molecular flexibility index (Phi) is 5.04. The van der Waals surface area contributed by atoms with Gasteiger partial charge in [0.25, 0.3) is 0 Å². The molecule has 1 aromatic rings. The van der Waals surface area contributed by atoms with Crippen LogP contribution in [0.1, 0.15) is 43.7 Å². The number of sulfone groups is 1. The van der Waals surface area contributed by atoms with E-state index in [1.165, 1.54) is 0 Å². The van der Waals surface area contributed by atoms with E-state index in [1.807, 2.05) is 0 Å². The van der Waals surface area contributed by atoms with E-state index in [-0.39, 0.29) is 17.4 Å². The van der Waals surface area contributed by atoms with Crippen LogP contribution in [0.2, 0.25) is 0 Å². The number of rotatable bonds is 5. The van der Waals surface area contributed by atoms with E-state index in [4.69, 9.17) is 5.11 Å². The zero-order valence-corrected chi connectivity index (χ0v) is 13.1. The van der Waals surface area contributed by atoms with Crippen molar-refractivity contribution >= 4 is 15.8 Å². The number of hydrogen-bond acceptors (Lipinski definition) is 3. The van der Waals surface area contributed by atoms with Crippen LogP contribution in [0.15, 0.2) is 24.3 Å². The summed E-state index contributed by atoms with van der Waals surface area (Å²) in [6.45, 7) is 2.11. The van der Waals surface area contributed by atoms with E-state index in [0.717, 1.165) is 31.2 Å². The van der Waals surface area contributed by atoms with Gasteiger partial charge in [-0.05, 0) is 29.9 Å². The Balaban J connectivity index is 2.04. The lowest BCUT2D eigenvalue weighted by Gasteiger charge is -2.26. The fourth-order valence-electron chi connectivity index (χ4n) is 2.98. The van der Waals surface area contributed by atoms with Crippen molar-refractivity contribution in [1.82, 2.24) is 0 Å². The maximum absolute atomic E-state index is 12.5. The standard InChI is InChI=1S/C16H22O4S/c1-12-3-2-4-15(9-12)21(19,20)11-14-7-5-13(6-8-14)10-16(17)18/h5-8,12,15H,2-4,9-11H2,1H3,(H,17,18). The molecule has 0 saturated heterocycles. The highest BCUT2D eigenvalue weighted by Gasteiger charge is 2.30. The summed E-state index contributed by atoms with van der Waals surface area (Å²) in [7, 11) is -3.12. The van der Waals surface area contributed by atoms with Crippen molar-refractivity contribution in [2.75, 3.05) is 0 Å². The molecular weight excluding hydrogens is 288 g/mol. The van der Waals surface area contributed by atoms with Crippen molar-refractivity contribution in [2.45, 2.75) is 50.0 Å². The van der Waals surface area contributed by atoms with Gasteiger partial charge in [-0.2, -0.15) is 0 Å². The number of carboxylic acid groups (broad SMARTS) is 1. The zero-order valence-electron chi connectivity index (χ0n) is 12.3. The lowest BCUT2D eigenvalue weighted by atomic mass is 9.91. The van der Waals surface area contributed by atoms with Gasteiger partial charge in [0.15, 0.2) is 9.84 Å². The molecule has 2 rings (SSSR count). The van der Waals surface area contributed by atoms with Gasteiger partial charge in [0.05, 0.1) is 17.4 Å². The van der Waals surface area contributed by atoms with Crippen LogP contribution in [-0.2, 0) is 26.8 Å². The maximum Gasteiger partial charge on any atom is 0.307 e. The summed E-state index contributed by atoms with van der Waals surface area (Å²) in [5, 5.41) is 8.50. The molecule has 21 heavy (non-hydrogen) atoms. The first kappa shape index (κ1) is 16.0. The average molecular weight is 310 g/mol. The van der Waals surface area contributed by atoms with Gasteiger partial charge in [0, 0.05) is 0 Å². The molecule has 0 radical (unpaired) electrons. The van der Waals surface area contributed by atoms with Crippen molar-refractivity contribution in [3.63, 3.8) is 0 Å². The molecule has 0 amide bonds. The molecule has 4 nitrogen and oxygen atoms in total. The van der Waals surface area contributed by atoms with Gasteiger partial charge in [-0.15, -0.1) is 0 Å². The second kappa shape index (κ2) is 6.60. The van der Waals surface area contributed by atoms with Crippen LogP contribution in [0.4, 0.5) is 0 Å². The van der Waals surface area contributed by atoms with Crippen LogP contribution in [-0.4, -0.2) is 24.7 Å². The predicted molar refractivity (Wildman–Crippen MR) is 81.8 cm³/mol. The minimum atomic E-state index is -3.12. The molecule has 1 aliphatic rings. The molecule has 1 aliphatic carbocycles. The van der Waals surface area contributed by atoms with Crippen LogP contribution in [0.25, 0.3) is 0 Å². The molecule has 1 saturated carbocycles. The second-order valence-corrected chi connectivity index (χ2v) is 8.37. The largest absolute Gasteiger partial charge is 0.481 e. The number of carboxylic acids is 1. The van der Waals surface area contributed by atoms with E-state index >= 15 is 0 Å². The SMILES string of the molecule is CC1CCCC(S(=O)(=O)Cc2ccc(CC(=O)O)cc2)C1. The summed E-state index contributed by atoms with van der Waals surface area (Å²) in [5.41, 5.74) is 1.43. The summed E-state index contributed by atoms with van der Waals surface area (Å²) < 4.78 is 24.9. The highest BCUT2D eigenvalue weighted by molar-refractivity contribution is 7.91. The molecule has 1 aromatic carbocycles. The van der Waals surface area contributed by atoms with Crippen LogP contribution in [0, 0.1) is 5.92 Å². The quantitative estimate of drug-likeness (QED) is 0.907. The third kappa shape index (κ3) is 4.56. The molecule has 1 N–H and O–H groups in total. The smallest absolute Gasteiger partial charge is 0.307 e. The van der Waals surface area contributed by atoms with Gasteiger partial charge in [0.2, 0.25) is 0 Å². The first-order chi connectivity index (χ1) is 9.87. The molecule has 0 aliphatic heterocycles. The summed E-state index contributed by atoms with van der Waals surface area (Å²) in [4.78, 5) is 10.6. The fourth-order valence-corrected chi connectivity index (χ4v) is 5.02. The fraction of sp³-hybridized carbons (Fsp3) is 0.562. The van der Waals surface area contributed by atoms with Gasteiger partial charge in [-0.3, -0.25) is 4.79 Å². The maximum atomic E-state index is 12.5. The molecule has 2 atom stereocenters. The number of carbonyl (C=O) groups is 1. The average Bonchev–Trinajstić information content (AvgIpc) is 2.40. The zero-order chi connectivity index (χ0) is 15.5. The minimum Gasteiger partial charge on any atom is -0.481 e. The van der Waals surface area contributed by atoms with Crippen molar-refractivity contribution in [2.24, 2.45) is 5.92 Å². The number of aliphatic carboxylic acids is 1. The van der Waals surface area contributed by atoms with Crippen molar-refractivity contribution in [1.29, 1.82) is 0 Å². The first-order valence-electron chi connectivity index (χ1n) is 7.38. The molecular formula is C16H22O4S. The number of benzene rings is 1. The van der Waals surface area contributed by atoms with Crippen molar-refractivity contribution in [3.05, 3.63) is 35.4 Å². The third-order valence-electron chi connectivity index (χ3n) is 4.14. The number of hydrogen-bond donors (Lipinski definition) is 1.